The molecular formula is C17H23N5O3S. The predicted octanol–water partition coefficient (Wildman–Crippen LogP) is 0.989. The van der Waals surface area contributed by atoms with E-state index in [1.807, 2.05) is 0 Å². The quantitative estimate of drug-likeness (QED) is 0.748. The summed E-state index contributed by atoms with van der Waals surface area (Å²) in [5.74, 6) is 1.49. The van der Waals surface area contributed by atoms with Gasteiger partial charge in [0, 0.05) is 25.9 Å². The Kier molecular flexibility index (Phi) is 6.00. The van der Waals surface area contributed by atoms with Crippen molar-refractivity contribution in [3.05, 3.63) is 42.0 Å². The van der Waals surface area contributed by atoms with Crippen molar-refractivity contribution in [3.63, 3.8) is 0 Å². The summed E-state index contributed by atoms with van der Waals surface area (Å²) in [6.07, 6.45) is 4.37. The molecule has 0 radical (unpaired) electrons. The molecule has 1 aromatic carbocycles. The molecule has 1 aliphatic rings. The second kappa shape index (κ2) is 8.41. The van der Waals surface area contributed by atoms with Crippen molar-refractivity contribution in [1.82, 2.24) is 24.8 Å². The number of carbonyl (C=O) groups excluding carboxylic acids is 1. The number of amides is 1. The molecule has 0 unspecified atom stereocenters. The molecular weight excluding hydrogens is 354 g/mol. The molecule has 1 aromatic heterocycles. The first kappa shape index (κ1) is 18.5. The average Bonchev–Trinajstić information content (AvgIpc) is 2.87. The zero-order chi connectivity index (χ0) is 18.4. The van der Waals surface area contributed by atoms with Crippen LogP contribution in [-0.4, -0.2) is 35.6 Å². The maximum atomic E-state index is 12.1. The fraction of sp³-hybridized carbons (Fsp3) is 0.471. The van der Waals surface area contributed by atoms with Gasteiger partial charge in [0.15, 0.2) is 5.82 Å². The van der Waals surface area contributed by atoms with Crippen molar-refractivity contribution in [1.29, 1.82) is 0 Å². The lowest BCUT2D eigenvalue weighted by atomic mass is 10.2. The van der Waals surface area contributed by atoms with Crippen LogP contribution in [0.5, 0.6) is 0 Å². The van der Waals surface area contributed by atoms with Gasteiger partial charge < -0.3 is 9.88 Å². The molecule has 3 rings (SSSR count). The maximum Gasteiger partial charge on any atom is 0.240 e. The molecule has 2 heterocycles. The van der Waals surface area contributed by atoms with E-state index in [4.69, 9.17) is 0 Å². The van der Waals surface area contributed by atoms with Gasteiger partial charge in [0.25, 0.3) is 0 Å². The smallest absolute Gasteiger partial charge is 0.240 e. The number of sulfonamides is 1. The summed E-state index contributed by atoms with van der Waals surface area (Å²) in [5.41, 5.74) is 0. The third-order valence-corrected chi connectivity index (χ3v) is 5.80. The number of nitrogens with zero attached hydrogens (tertiary/aromatic N) is 3. The molecule has 0 saturated heterocycles. The Bertz CT molecular complexity index is 849. The van der Waals surface area contributed by atoms with Gasteiger partial charge >= 0.3 is 0 Å². The molecule has 0 atom stereocenters. The number of fused-ring (bicyclic) bond motifs is 1. The van der Waals surface area contributed by atoms with E-state index in [0.717, 1.165) is 37.5 Å². The van der Waals surface area contributed by atoms with E-state index < -0.39 is 10.0 Å². The Labute approximate surface area is 153 Å². The van der Waals surface area contributed by atoms with Gasteiger partial charge in [0.1, 0.15) is 5.82 Å². The standard InChI is InChI=1S/C17H23N5O3S/c23-17(10-11-19-26(24,25)14-7-3-1-4-8-14)18-13-16-21-20-15-9-5-2-6-12-22(15)16/h1,3-4,7-8,19H,2,5-6,9-13H2,(H,18,23). The van der Waals surface area contributed by atoms with Gasteiger partial charge in [-0.25, -0.2) is 13.1 Å². The SMILES string of the molecule is O=C(CCNS(=O)(=O)c1ccccc1)NCc1nnc2n1CCCCC2. The van der Waals surface area contributed by atoms with Crippen LogP contribution < -0.4 is 10.0 Å². The van der Waals surface area contributed by atoms with Crippen LogP contribution in [0.2, 0.25) is 0 Å². The summed E-state index contributed by atoms with van der Waals surface area (Å²) in [6.45, 7) is 1.22. The lowest BCUT2D eigenvalue weighted by Gasteiger charge is -2.09. The summed E-state index contributed by atoms with van der Waals surface area (Å²) >= 11 is 0. The van der Waals surface area contributed by atoms with Gasteiger partial charge in [-0.15, -0.1) is 10.2 Å². The van der Waals surface area contributed by atoms with Crippen LogP contribution in [0.25, 0.3) is 0 Å². The largest absolute Gasteiger partial charge is 0.349 e. The normalized spacial score (nSPS) is 14.5. The highest BCUT2D eigenvalue weighted by Crippen LogP contribution is 2.14. The molecule has 140 valence electrons. The lowest BCUT2D eigenvalue weighted by molar-refractivity contribution is -0.121. The second-order valence-corrected chi connectivity index (χ2v) is 8.00. The summed E-state index contributed by atoms with van der Waals surface area (Å²) in [5, 5.41) is 11.1. The average molecular weight is 377 g/mol. The number of benzene rings is 1. The summed E-state index contributed by atoms with van der Waals surface area (Å²) in [6, 6.07) is 8.09. The monoisotopic (exact) mass is 377 g/mol. The van der Waals surface area contributed by atoms with Crippen molar-refractivity contribution < 1.29 is 13.2 Å². The van der Waals surface area contributed by atoms with Gasteiger partial charge in [-0.3, -0.25) is 4.79 Å². The van der Waals surface area contributed by atoms with E-state index >= 15 is 0 Å². The third-order valence-electron chi connectivity index (χ3n) is 4.33. The minimum Gasteiger partial charge on any atom is -0.349 e. The number of rotatable bonds is 7. The first-order chi connectivity index (χ1) is 12.6. The van der Waals surface area contributed by atoms with Crippen LogP contribution in [-0.2, 0) is 34.3 Å². The summed E-state index contributed by atoms with van der Waals surface area (Å²) in [4.78, 5) is 12.2. The van der Waals surface area contributed by atoms with E-state index in [1.54, 1.807) is 18.2 Å². The number of carbonyl (C=O) groups is 1. The Morgan fingerprint density at radius 3 is 2.73 bits per heavy atom. The topological polar surface area (TPSA) is 106 Å². The minimum absolute atomic E-state index is 0.0427. The molecule has 1 amide bonds. The number of aromatic nitrogens is 3. The van der Waals surface area contributed by atoms with Crippen LogP contribution >= 0.6 is 0 Å². The van der Waals surface area contributed by atoms with Crippen LogP contribution in [0.1, 0.15) is 37.3 Å². The molecule has 2 aromatic rings. The highest BCUT2D eigenvalue weighted by molar-refractivity contribution is 7.89. The maximum absolute atomic E-state index is 12.1. The zero-order valence-corrected chi connectivity index (χ0v) is 15.3. The predicted molar refractivity (Wildman–Crippen MR) is 95.7 cm³/mol. The van der Waals surface area contributed by atoms with E-state index in [0.29, 0.717) is 6.54 Å². The van der Waals surface area contributed by atoms with Crippen molar-refractivity contribution in [2.75, 3.05) is 6.54 Å². The molecule has 8 nitrogen and oxygen atoms in total. The Morgan fingerprint density at radius 1 is 1.12 bits per heavy atom. The van der Waals surface area contributed by atoms with Crippen molar-refractivity contribution >= 4 is 15.9 Å². The number of nitrogens with one attached hydrogen (secondary N) is 2. The zero-order valence-electron chi connectivity index (χ0n) is 14.5. The molecule has 0 aliphatic carbocycles. The van der Waals surface area contributed by atoms with Crippen LogP contribution in [0.15, 0.2) is 35.2 Å². The van der Waals surface area contributed by atoms with Gasteiger partial charge in [-0.2, -0.15) is 0 Å². The van der Waals surface area contributed by atoms with Crippen molar-refractivity contribution in [3.8, 4) is 0 Å². The molecule has 0 saturated carbocycles. The summed E-state index contributed by atoms with van der Waals surface area (Å²) in [7, 11) is -3.59. The molecule has 26 heavy (non-hydrogen) atoms. The molecule has 0 bridgehead atoms. The number of aryl methyl sites for hydroxylation is 1. The van der Waals surface area contributed by atoms with Gasteiger partial charge in [-0.05, 0) is 25.0 Å². The second-order valence-electron chi connectivity index (χ2n) is 6.23. The summed E-state index contributed by atoms with van der Waals surface area (Å²) < 4.78 is 28.7. The fourth-order valence-electron chi connectivity index (χ4n) is 2.92. The molecule has 1 aliphatic heterocycles. The first-order valence-corrected chi connectivity index (χ1v) is 10.3. The Balaban J connectivity index is 1.46. The Hall–Kier alpha value is -2.26. The molecule has 0 fully saturated rings. The third kappa shape index (κ3) is 4.67. The Morgan fingerprint density at radius 2 is 1.92 bits per heavy atom. The van der Waals surface area contributed by atoms with Gasteiger partial charge in [0.2, 0.25) is 15.9 Å². The highest BCUT2D eigenvalue weighted by Gasteiger charge is 2.16. The van der Waals surface area contributed by atoms with E-state index in [1.165, 1.54) is 18.6 Å². The van der Waals surface area contributed by atoms with E-state index in [9.17, 15) is 13.2 Å². The molecule has 2 N–H and O–H groups in total. The fourth-order valence-corrected chi connectivity index (χ4v) is 3.98. The first-order valence-electron chi connectivity index (χ1n) is 8.78. The van der Waals surface area contributed by atoms with Crippen molar-refractivity contribution in [2.45, 2.75) is 50.1 Å². The van der Waals surface area contributed by atoms with E-state index in [2.05, 4.69) is 24.8 Å². The molecule has 0 spiro atoms. The number of hydrogen-bond acceptors (Lipinski definition) is 5. The lowest BCUT2D eigenvalue weighted by Crippen LogP contribution is -2.31. The van der Waals surface area contributed by atoms with Gasteiger partial charge in [0.05, 0.1) is 11.4 Å². The minimum atomic E-state index is -3.59. The van der Waals surface area contributed by atoms with Crippen LogP contribution in [0.3, 0.4) is 0 Å². The van der Waals surface area contributed by atoms with Crippen LogP contribution in [0.4, 0.5) is 0 Å². The van der Waals surface area contributed by atoms with Crippen LogP contribution in [0, 0.1) is 0 Å². The van der Waals surface area contributed by atoms with Gasteiger partial charge in [-0.1, -0.05) is 24.6 Å². The van der Waals surface area contributed by atoms with E-state index in [-0.39, 0.29) is 23.8 Å². The molecule has 9 heteroatoms. The number of hydrogen-bond donors (Lipinski definition) is 2. The highest BCUT2D eigenvalue weighted by atomic mass is 32.2. The van der Waals surface area contributed by atoms with Crippen molar-refractivity contribution in [2.24, 2.45) is 0 Å².